The van der Waals surface area contributed by atoms with Crippen LogP contribution in [0.5, 0.6) is 0 Å². The van der Waals surface area contributed by atoms with Gasteiger partial charge in [0, 0.05) is 21.7 Å². The molecule has 0 amide bonds. The van der Waals surface area contributed by atoms with Crippen molar-refractivity contribution in [2.24, 2.45) is 4.99 Å². The molecule has 86 valence electrons. The van der Waals surface area contributed by atoms with Crippen molar-refractivity contribution in [2.45, 2.75) is 31.3 Å². The topological polar surface area (TPSA) is 32.6 Å². The van der Waals surface area contributed by atoms with Crippen molar-refractivity contribution in [3.8, 4) is 0 Å². The van der Waals surface area contributed by atoms with Crippen LogP contribution in [0, 0.1) is 0 Å². The van der Waals surface area contributed by atoms with Crippen molar-refractivity contribution in [1.82, 2.24) is 0 Å². The highest BCUT2D eigenvalue weighted by Crippen LogP contribution is 2.34. The smallest absolute Gasteiger partial charge is 0.107 e. The van der Waals surface area contributed by atoms with Crippen molar-refractivity contribution in [3.05, 3.63) is 34.9 Å². The van der Waals surface area contributed by atoms with Crippen molar-refractivity contribution < 1.29 is 9.22 Å². The molecular formula is C13H16ClNO. The molecule has 1 aliphatic carbocycles. The minimum Gasteiger partial charge on any atom is -0.384 e. The van der Waals surface area contributed by atoms with Crippen molar-refractivity contribution >= 4 is 17.3 Å². The van der Waals surface area contributed by atoms with E-state index in [0.29, 0.717) is 23.4 Å². The predicted octanol–water partition coefficient (Wildman–Crippen LogP) is 3.06. The molecule has 0 atom stereocenters. The fourth-order valence-electron chi connectivity index (χ4n) is 2.26. The third-order valence-corrected chi connectivity index (χ3v) is 3.44. The number of aliphatic imine (C=N–C) groups is 1. The Kier molecular flexibility index (Phi) is 2.35. The van der Waals surface area contributed by atoms with Crippen LogP contribution in [0.1, 0.15) is 35.4 Å². The Labute approximate surface area is 105 Å². The summed E-state index contributed by atoms with van der Waals surface area (Å²) in [6.07, 6.45) is 2.77. The molecule has 0 heterocycles. The number of halogens is 1. The first kappa shape index (κ1) is 8.26. The Morgan fingerprint density at radius 1 is 1.44 bits per heavy atom. The number of nitrogens with zero attached hydrogens (tertiary/aromatic N) is 1. The van der Waals surface area contributed by atoms with Crippen LogP contribution in [0.25, 0.3) is 0 Å². The van der Waals surface area contributed by atoms with E-state index in [4.69, 9.17) is 15.7 Å². The molecule has 16 heavy (non-hydrogen) atoms. The van der Waals surface area contributed by atoms with E-state index in [0.717, 1.165) is 12.8 Å². The Morgan fingerprint density at radius 2 is 2.12 bits per heavy atom. The zero-order valence-corrected chi connectivity index (χ0v) is 9.67. The van der Waals surface area contributed by atoms with Crippen LogP contribution in [0.4, 0.5) is 0 Å². The van der Waals surface area contributed by atoms with Gasteiger partial charge in [0.1, 0.15) is 5.60 Å². The summed E-state index contributed by atoms with van der Waals surface area (Å²) in [4.78, 5) is 3.78. The van der Waals surface area contributed by atoms with Gasteiger partial charge in [0.2, 0.25) is 0 Å². The third-order valence-electron chi connectivity index (χ3n) is 3.11. The van der Waals surface area contributed by atoms with Gasteiger partial charge in [-0.25, -0.2) is 0 Å². The lowest BCUT2D eigenvalue weighted by molar-refractivity contribution is 0.121. The number of benzene rings is 1. The summed E-state index contributed by atoms with van der Waals surface area (Å²) in [5.74, 6) is 0. The van der Waals surface area contributed by atoms with Gasteiger partial charge in [-0.15, -0.1) is 0 Å². The van der Waals surface area contributed by atoms with Crippen LogP contribution in [0.15, 0.2) is 29.3 Å². The fourth-order valence-corrected chi connectivity index (χ4v) is 2.49. The van der Waals surface area contributed by atoms with E-state index in [1.807, 2.05) is 0 Å². The number of hydrogen-bond donors (Lipinski definition) is 1. The van der Waals surface area contributed by atoms with E-state index in [-0.39, 0.29) is 5.71 Å². The van der Waals surface area contributed by atoms with Crippen molar-refractivity contribution in [3.63, 3.8) is 0 Å². The molecule has 3 heteroatoms. The molecule has 0 unspecified atom stereocenters. The summed E-state index contributed by atoms with van der Waals surface area (Å²) in [6.45, 7) is -2.48. The fraction of sp³-hybridized carbons (Fsp3) is 0.462. The van der Waals surface area contributed by atoms with Gasteiger partial charge < -0.3 is 5.11 Å². The molecule has 1 aromatic carbocycles. The van der Waals surface area contributed by atoms with Crippen molar-refractivity contribution in [2.75, 3.05) is 6.98 Å². The highest BCUT2D eigenvalue weighted by Gasteiger charge is 2.37. The molecule has 0 bridgehead atoms. The number of rotatable bonds is 2. The van der Waals surface area contributed by atoms with Gasteiger partial charge in [-0.1, -0.05) is 42.6 Å². The number of hydrogen-bond acceptors (Lipinski definition) is 2. The van der Waals surface area contributed by atoms with Gasteiger partial charge in [0.25, 0.3) is 0 Å². The third kappa shape index (κ3) is 2.00. The normalized spacial score (nSPS) is 23.6. The van der Waals surface area contributed by atoms with Crippen LogP contribution in [-0.2, 0) is 0 Å². The lowest BCUT2D eigenvalue weighted by atomic mass is 9.90. The van der Waals surface area contributed by atoms with Gasteiger partial charge in [0.05, 0.1) is 5.71 Å². The monoisotopic (exact) mass is 240 g/mol. The summed E-state index contributed by atoms with van der Waals surface area (Å²) in [6, 6.07) is 6.89. The molecule has 0 radical (unpaired) electrons. The first-order valence-corrected chi connectivity index (χ1v) is 5.77. The lowest BCUT2D eigenvalue weighted by Crippen LogP contribution is -2.36. The van der Waals surface area contributed by atoms with E-state index in [1.54, 1.807) is 24.3 Å². The molecule has 1 N–H and O–H groups in total. The summed E-state index contributed by atoms with van der Waals surface area (Å²) < 4.78 is 22.0. The predicted molar refractivity (Wildman–Crippen MR) is 67.3 cm³/mol. The van der Waals surface area contributed by atoms with Gasteiger partial charge in [-0.3, -0.25) is 4.99 Å². The summed E-state index contributed by atoms with van der Waals surface area (Å²) in [5.41, 5.74) is -0.486. The van der Waals surface area contributed by atoms with Gasteiger partial charge in [-0.05, 0) is 18.9 Å². The Morgan fingerprint density at radius 3 is 2.75 bits per heavy atom. The molecule has 0 aliphatic heterocycles. The molecule has 2 nitrogen and oxygen atoms in total. The first-order valence-electron chi connectivity index (χ1n) is 6.89. The Hall–Kier alpha value is -0.860. The largest absolute Gasteiger partial charge is 0.384 e. The van der Waals surface area contributed by atoms with Crippen molar-refractivity contribution in [1.29, 1.82) is 0 Å². The van der Waals surface area contributed by atoms with Gasteiger partial charge >= 0.3 is 0 Å². The molecule has 0 spiro atoms. The van der Waals surface area contributed by atoms with E-state index in [9.17, 15) is 5.11 Å². The molecular weight excluding hydrogens is 222 g/mol. The zero-order valence-electron chi connectivity index (χ0n) is 11.9. The van der Waals surface area contributed by atoms with Gasteiger partial charge in [0.15, 0.2) is 0 Å². The standard InChI is InChI=1S/C13H16ClNO/c1-15-12(13(16)8-4-5-9-13)10-6-2-3-7-11(10)14/h2-3,6-7,16H,4-5,8-9H2,1H3/i1D3. The lowest BCUT2D eigenvalue weighted by Gasteiger charge is -2.25. The molecule has 1 aliphatic rings. The zero-order chi connectivity index (χ0) is 14.1. The van der Waals surface area contributed by atoms with E-state index in [1.165, 1.54) is 0 Å². The average Bonchev–Trinajstić information content (AvgIpc) is 2.74. The second-order valence-corrected chi connectivity index (χ2v) is 4.59. The highest BCUT2D eigenvalue weighted by molar-refractivity contribution is 6.34. The summed E-state index contributed by atoms with van der Waals surface area (Å²) in [7, 11) is 0. The quantitative estimate of drug-likeness (QED) is 0.792. The molecule has 1 aromatic rings. The Balaban J connectivity index is 2.53. The average molecular weight is 241 g/mol. The van der Waals surface area contributed by atoms with E-state index in [2.05, 4.69) is 4.99 Å². The van der Waals surface area contributed by atoms with Crippen LogP contribution < -0.4 is 0 Å². The SMILES string of the molecule is [2H]C([2H])([2H])N=C(c1ccccc1Cl)C1(O)CCCC1. The van der Waals surface area contributed by atoms with E-state index >= 15 is 0 Å². The maximum atomic E-state index is 10.7. The highest BCUT2D eigenvalue weighted by atomic mass is 35.5. The molecule has 0 saturated heterocycles. The van der Waals surface area contributed by atoms with Crippen LogP contribution in [-0.4, -0.2) is 23.4 Å². The van der Waals surface area contributed by atoms with Crippen LogP contribution in [0.2, 0.25) is 5.02 Å². The van der Waals surface area contributed by atoms with Gasteiger partial charge in [-0.2, -0.15) is 0 Å². The maximum Gasteiger partial charge on any atom is 0.107 e. The summed E-state index contributed by atoms with van der Waals surface area (Å²) in [5, 5.41) is 11.1. The minimum absolute atomic E-state index is 0.190. The molecule has 0 aromatic heterocycles. The Bertz CT molecular complexity index is 493. The second-order valence-electron chi connectivity index (χ2n) is 4.18. The summed E-state index contributed by atoms with van der Waals surface area (Å²) >= 11 is 6.11. The minimum atomic E-state index is -2.48. The molecule has 1 saturated carbocycles. The van der Waals surface area contributed by atoms with E-state index < -0.39 is 12.6 Å². The maximum absolute atomic E-state index is 10.7. The molecule has 1 fully saturated rings. The van der Waals surface area contributed by atoms with Crippen LogP contribution >= 0.6 is 11.6 Å². The molecule has 2 rings (SSSR count). The first-order chi connectivity index (χ1) is 8.82. The van der Waals surface area contributed by atoms with Crippen LogP contribution in [0.3, 0.4) is 0 Å². The second kappa shape index (κ2) is 4.56. The number of aliphatic hydroxyl groups is 1.